The number of benzene rings is 1. The smallest absolute Gasteiger partial charge is 0.231 e. The Labute approximate surface area is 113 Å². The van der Waals surface area contributed by atoms with Crippen molar-refractivity contribution >= 4 is 17.5 Å². The van der Waals surface area contributed by atoms with Gasteiger partial charge in [0.15, 0.2) is 0 Å². The van der Waals surface area contributed by atoms with E-state index in [2.05, 4.69) is 11.4 Å². The molecular weight excluding hydrogens is 248 g/mol. The van der Waals surface area contributed by atoms with E-state index in [0.717, 1.165) is 10.6 Å². The SMILES string of the molecule is NC(=O)CNC(c1cccc(Cl)c1)C1CCCC1. The second kappa shape index (κ2) is 6.21. The zero-order valence-corrected chi connectivity index (χ0v) is 11.1. The maximum atomic E-state index is 11.0. The summed E-state index contributed by atoms with van der Waals surface area (Å²) in [4.78, 5) is 11.0. The number of halogens is 1. The summed E-state index contributed by atoms with van der Waals surface area (Å²) in [5.74, 6) is 0.253. The molecule has 0 bridgehead atoms. The number of hydrogen-bond donors (Lipinski definition) is 2. The van der Waals surface area contributed by atoms with Gasteiger partial charge in [-0.3, -0.25) is 4.79 Å². The number of nitrogens with two attached hydrogens (primary N) is 1. The Bertz CT molecular complexity index is 416. The number of primary amides is 1. The van der Waals surface area contributed by atoms with Gasteiger partial charge in [-0.05, 0) is 36.5 Å². The number of carbonyl (C=O) groups excluding carboxylic acids is 1. The fourth-order valence-electron chi connectivity index (χ4n) is 2.76. The van der Waals surface area contributed by atoms with Crippen LogP contribution < -0.4 is 11.1 Å². The Kier molecular flexibility index (Phi) is 4.61. The molecule has 2 rings (SSSR count). The van der Waals surface area contributed by atoms with Crippen molar-refractivity contribution in [1.82, 2.24) is 5.32 Å². The summed E-state index contributed by atoms with van der Waals surface area (Å²) in [6.07, 6.45) is 4.92. The number of rotatable bonds is 5. The summed E-state index contributed by atoms with van der Waals surface area (Å²) < 4.78 is 0. The molecule has 0 aliphatic heterocycles. The van der Waals surface area contributed by atoms with E-state index in [1.54, 1.807) is 0 Å². The van der Waals surface area contributed by atoms with Crippen LogP contribution in [0.4, 0.5) is 0 Å². The van der Waals surface area contributed by atoms with Gasteiger partial charge in [-0.1, -0.05) is 36.6 Å². The van der Waals surface area contributed by atoms with E-state index >= 15 is 0 Å². The molecule has 1 atom stereocenters. The molecule has 0 heterocycles. The van der Waals surface area contributed by atoms with Gasteiger partial charge in [0.2, 0.25) is 5.91 Å². The summed E-state index contributed by atoms with van der Waals surface area (Å²) in [5.41, 5.74) is 6.37. The number of amides is 1. The first kappa shape index (κ1) is 13.4. The quantitative estimate of drug-likeness (QED) is 0.861. The van der Waals surface area contributed by atoms with Crippen LogP contribution in [0.25, 0.3) is 0 Å². The summed E-state index contributed by atoms with van der Waals surface area (Å²) in [7, 11) is 0. The van der Waals surface area contributed by atoms with Crippen molar-refractivity contribution < 1.29 is 4.79 Å². The van der Waals surface area contributed by atoms with Crippen LogP contribution in [-0.2, 0) is 4.79 Å². The lowest BCUT2D eigenvalue weighted by molar-refractivity contribution is -0.117. The third-order valence-electron chi connectivity index (χ3n) is 3.58. The molecule has 4 heteroatoms. The Morgan fingerprint density at radius 3 is 2.78 bits per heavy atom. The van der Waals surface area contributed by atoms with E-state index in [9.17, 15) is 4.79 Å². The lowest BCUT2D eigenvalue weighted by Gasteiger charge is -2.25. The molecule has 1 aromatic carbocycles. The van der Waals surface area contributed by atoms with Gasteiger partial charge >= 0.3 is 0 Å². The summed E-state index contributed by atoms with van der Waals surface area (Å²) in [5, 5.41) is 4.00. The molecule has 3 N–H and O–H groups in total. The van der Waals surface area contributed by atoms with Crippen LogP contribution in [0.5, 0.6) is 0 Å². The van der Waals surface area contributed by atoms with Crippen molar-refractivity contribution in [3.05, 3.63) is 34.9 Å². The lowest BCUT2D eigenvalue weighted by atomic mass is 9.91. The van der Waals surface area contributed by atoms with Gasteiger partial charge in [-0.15, -0.1) is 0 Å². The standard InChI is InChI=1S/C14H19ClN2O/c15-12-7-3-6-11(8-12)14(17-9-13(16)18)10-4-1-2-5-10/h3,6-8,10,14,17H,1-2,4-5,9H2,(H2,16,18). The summed E-state index contributed by atoms with van der Waals surface area (Å²) in [6, 6.07) is 8.02. The molecule has 1 aliphatic carbocycles. The van der Waals surface area contributed by atoms with E-state index in [1.165, 1.54) is 25.7 Å². The van der Waals surface area contributed by atoms with Crippen LogP contribution >= 0.6 is 11.6 Å². The van der Waals surface area contributed by atoms with Crippen LogP contribution in [-0.4, -0.2) is 12.5 Å². The zero-order chi connectivity index (χ0) is 13.0. The second-order valence-electron chi connectivity index (χ2n) is 4.92. The van der Waals surface area contributed by atoms with Crippen molar-refractivity contribution in [1.29, 1.82) is 0 Å². The summed E-state index contributed by atoms with van der Waals surface area (Å²) in [6.45, 7) is 0.216. The van der Waals surface area contributed by atoms with E-state index < -0.39 is 0 Å². The molecular formula is C14H19ClN2O. The highest BCUT2D eigenvalue weighted by atomic mass is 35.5. The molecule has 1 amide bonds. The molecule has 1 fully saturated rings. The van der Waals surface area contributed by atoms with Crippen LogP contribution in [0.2, 0.25) is 5.02 Å². The van der Waals surface area contributed by atoms with Crippen molar-refractivity contribution in [2.75, 3.05) is 6.54 Å². The van der Waals surface area contributed by atoms with Gasteiger partial charge < -0.3 is 11.1 Å². The molecule has 1 saturated carbocycles. The monoisotopic (exact) mass is 266 g/mol. The fraction of sp³-hybridized carbons (Fsp3) is 0.500. The molecule has 3 nitrogen and oxygen atoms in total. The Balaban J connectivity index is 2.14. The highest BCUT2D eigenvalue weighted by Gasteiger charge is 2.26. The van der Waals surface area contributed by atoms with Crippen molar-refractivity contribution in [2.24, 2.45) is 11.7 Å². The van der Waals surface area contributed by atoms with Crippen LogP contribution in [0, 0.1) is 5.92 Å². The maximum Gasteiger partial charge on any atom is 0.231 e. The zero-order valence-electron chi connectivity index (χ0n) is 10.4. The van der Waals surface area contributed by atoms with Gasteiger partial charge in [0.05, 0.1) is 6.54 Å². The first-order valence-corrected chi connectivity index (χ1v) is 6.82. The second-order valence-corrected chi connectivity index (χ2v) is 5.36. The molecule has 18 heavy (non-hydrogen) atoms. The molecule has 98 valence electrons. The van der Waals surface area contributed by atoms with Gasteiger partial charge in [-0.2, -0.15) is 0 Å². The predicted octanol–water partition coefficient (Wildman–Crippen LogP) is 2.65. The average molecular weight is 267 g/mol. The van der Waals surface area contributed by atoms with Crippen molar-refractivity contribution in [3.8, 4) is 0 Å². The van der Waals surface area contributed by atoms with E-state index in [4.69, 9.17) is 17.3 Å². The van der Waals surface area contributed by atoms with Gasteiger partial charge in [0.1, 0.15) is 0 Å². The fourth-order valence-corrected chi connectivity index (χ4v) is 2.96. The minimum absolute atomic E-state index is 0.179. The Hall–Kier alpha value is -1.06. The number of nitrogens with one attached hydrogen (secondary N) is 1. The van der Waals surface area contributed by atoms with Gasteiger partial charge in [-0.25, -0.2) is 0 Å². The molecule has 0 saturated heterocycles. The average Bonchev–Trinajstić information content (AvgIpc) is 2.83. The Morgan fingerprint density at radius 2 is 2.17 bits per heavy atom. The summed E-state index contributed by atoms with van der Waals surface area (Å²) >= 11 is 6.04. The first-order valence-electron chi connectivity index (χ1n) is 6.44. The first-order chi connectivity index (χ1) is 8.66. The molecule has 1 unspecified atom stereocenters. The van der Waals surface area contributed by atoms with Crippen molar-refractivity contribution in [3.63, 3.8) is 0 Å². The molecule has 1 aliphatic rings. The van der Waals surface area contributed by atoms with Crippen LogP contribution in [0.15, 0.2) is 24.3 Å². The topological polar surface area (TPSA) is 55.1 Å². The Morgan fingerprint density at radius 1 is 1.44 bits per heavy atom. The minimum Gasteiger partial charge on any atom is -0.369 e. The highest BCUT2D eigenvalue weighted by Crippen LogP contribution is 2.36. The van der Waals surface area contributed by atoms with Crippen molar-refractivity contribution in [2.45, 2.75) is 31.7 Å². The van der Waals surface area contributed by atoms with Crippen LogP contribution in [0.3, 0.4) is 0 Å². The van der Waals surface area contributed by atoms with E-state index in [1.807, 2.05) is 18.2 Å². The van der Waals surface area contributed by atoms with E-state index in [-0.39, 0.29) is 18.5 Å². The molecule has 0 aromatic heterocycles. The van der Waals surface area contributed by atoms with E-state index in [0.29, 0.717) is 5.92 Å². The number of hydrogen-bond acceptors (Lipinski definition) is 2. The largest absolute Gasteiger partial charge is 0.369 e. The van der Waals surface area contributed by atoms with Gasteiger partial charge in [0, 0.05) is 11.1 Å². The third-order valence-corrected chi connectivity index (χ3v) is 3.81. The van der Waals surface area contributed by atoms with Crippen LogP contribution in [0.1, 0.15) is 37.3 Å². The molecule has 1 aromatic rings. The number of carbonyl (C=O) groups is 1. The third kappa shape index (κ3) is 3.47. The predicted molar refractivity (Wildman–Crippen MR) is 73.3 cm³/mol. The minimum atomic E-state index is -0.319. The maximum absolute atomic E-state index is 11.0. The van der Waals surface area contributed by atoms with Gasteiger partial charge in [0.25, 0.3) is 0 Å². The highest BCUT2D eigenvalue weighted by molar-refractivity contribution is 6.30. The normalized spacial score (nSPS) is 17.8. The molecule has 0 radical (unpaired) electrons. The lowest BCUT2D eigenvalue weighted by Crippen LogP contribution is -2.34. The molecule has 0 spiro atoms.